The van der Waals surface area contributed by atoms with Crippen LogP contribution in [0.1, 0.15) is 57.2 Å². The first-order chi connectivity index (χ1) is 9.19. The molecule has 0 atom stereocenters. The number of hydrogen-bond donors (Lipinski definition) is 1. The molecular formula is C18H30O2. The van der Waals surface area contributed by atoms with E-state index in [-0.39, 0.29) is 0 Å². The molecule has 0 aliphatic carbocycles. The summed E-state index contributed by atoms with van der Waals surface area (Å²) in [6.45, 7) is 12.7. The number of methoxy groups -OCH3 is 1. The van der Waals surface area contributed by atoms with Gasteiger partial charge in [-0.2, -0.15) is 0 Å². The maximum absolute atomic E-state index is 11.3. The highest BCUT2D eigenvalue weighted by molar-refractivity contribution is 5.44. The third-order valence-electron chi connectivity index (χ3n) is 3.74. The normalized spacial score (nSPS) is 12.3. The van der Waals surface area contributed by atoms with Crippen molar-refractivity contribution in [1.82, 2.24) is 0 Å². The zero-order valence-electron chi connectivity index (χ0n) is 14.1. The summed E-state index contributed by atoms with van der Waals surface area (Å²) in [5, 5.41) is 11.3. The van der Waals surface area contributed by atoms with E-state index in [0.717, 1.165) is 35.3 Å². The molecule has 1 aromatic rings. The molecule has 0 heterocycles. The summed E-state index contributed by atoms with van der Waals surface area (Å²) in [6, 6.07) is 4.13. The van der Waals surface area contributed by atoms with E-state index < -0.39 is 5.60 Å². The van der Waals surface area contributed by atoms with E-state index in [1.54, 1.807) is 7.11 Å². The van der Waals surface area contributed by atoms with Gasteiger partial charge in [-0.25, -0.2) is 0 Å². The fourth-order valence-corrected chi connectivity index (χ4v) is 3.16. The molecule has 0 unspecified atom stereocenters. The Balaban J connectivity index is 3.30. The smallest absolute Gasteiger partial charge is 0.122 e. The lowest BCUT2D eigenvalue weighted by Crippen LogP contribution is -2.30. The SMILES string of the molecule is COc1cc(C)c(C(O)(CC(C)C)CC(C)C)cc1C. The number of rotatable bonds is 6. The molecule has 1 aromatic carbocycles. The van der Waals surface area contributed by atoms with Gasteiger partial charge in [-0.05, 0) is 67.3 Å². The predicted molar refractivity (Wildman–Crippen MR) is 85.3 cm³/mol. The average Bonchev–Trinajstić information content (AvgIpc) is 2.29. The van der Waals surface area contributed by atoms with Gasteiger partial charge in [-0.3, -0.25) is 0 Å². The van der Waals surface area contributed by atoms with E-state index >= 15 is 0 Å². The van der Waals surface area contributed by atoms with Crippen molar-refractivity contribution in [3.8, 4) is 5.75 Å². The van der Waals surface area contributed by atoms with Gasteiger partial charge in [0.05, 0.1) is 12.7 Å². The molecule has 0 saturated carbocycles. The summed E-state index contributed by atoms with van der Waals surface area (Å²) in [6.07, 6.45) is 1.58. The molecule has 0 aliphatic heterocycles. The van der Waals surface area contributed by atoms with E-state index in [1.165, 1.54) is 0 Å². The van der Waals surface area contributed by atoms with Crippen LogP contribution in [-0.2, 0) is 5.60 Å². The Kier molecular flexibility index (Phi) is 5.64. The first-order valence-corrected chi connectivity index (χ1v) is 7.57. The lowest BCUT2D eigenvalue weighted by atomic mass is 9.77. The summed E-state index contributed by atoms with van der Waals surface area (Å²) >= 11 is 0. The van der Waals surface area contributed by atoms with Gasteiger partial charge in [0.1, 0.15) is 5.75 Å². The highest BCUT2D eigenvalue weighted by Crippen LogP contribution is 2.38. The van der Waals surface area contributed by atoms with E-state index in [0.29, 0.717) is 11.8 Å². The van der Waals surface area contributed by atoms with Gasteiger partial charge in [0.25, 0.3) is 0 Å². The molecule has 0 fully saturated rings. The summed E-state index contributed by atoms with van der Waals surface area (Å²) in [7, 11) is 1.69. The molecule has 0 aliphatic rings. The minimum atomic E-state index is -0.747. The summed E-state index contributed by atoms with van der Waals surface area (Å²) in [5.74, 6) is 1.81. The van der Waals surface area contributed by atoms with Gasteiger partial charge in [0.2, 0.25) is 0 Å². The predicted octanol–water partition coefficient (Wildman–Crippen LogP) is 4.59. The maximum atomic E-state index is 11.3. The fraction of sp³-hybridized carbons (Fsp3) is 0.667. The van der Waals surface area contributed by atoms with Crippen molar-refractivity contribution in [2.75, 3.05) is 7.11 Å². The number of ether oxygens (including phenoxy) is 1. The minimum absolute atomic E-state index is 0.459. The number of aryl methyl sites for hydroxylation is 2. The summed E-state index contributed by atoms with van der Waals surface area (Å²) in [5.41, 5.74) is 2.50. The number of benzene rings is 1. The van der Waals surface area contributed by atoms with Crippen LogP contribution in [0.15, 0.2) is 12.1 Å². The molecule has 0 radical (unpaired) electrons. The Bertz CT molecular complexity index is 437. The van der Waals surface area contributed by atoms with Crippen LogP contribution in [-0.4, -0.2) is 12.2 Å². The molecule has 114 valence electrons. The monoisotopic (exact) mass is 278 g/mol. The first kappa shape index (κ1) is 17.0. The number of hydrogen-bond acceptors (Lipinski definition) is 2. The molecule has 0 amide bonds. The van der Waals surface area contributed by atoms with E-state index in [4.69, 9.17) is 4.74 Å². The zero-order valence-corrected chi connectivity index (χ0v) is 14.1. The van der Waals surface area contributed by atoms with E-state index in [9.17, 15) is 5.11 Å². The Labute approximate surface area is 124 Å². The molecule has 1 rings (SSSR count). The summed E-state index contributed by atoms with van der Waals surface area (Å²) in [4.78, 5) is 0. The van der Waals surface area contributed by atoms with Gasteiger partial charge in [-0.1, -0.05) is 27.7 Å². The Morgan fingerprint density at radius 1 is 1.00 bits per heavy atom. The maximum Gasteiger partial charge on any atom is 0.122 e. The first-order valence-electron chi connectivity index (χ1n) is 7.57. The van der Waals surface area contributed by atoms with Crippen LogP contribution < -0.4 is 4.74 Å². The Hall–Kier alpha value is -1.02. The molecule has 0 saturated heterocycles. The second-order valence-electron chi connectivity index (χ2n) is 6.86. The lowest BCUT2D eigenvalue weighted by molar-refractivity contribution is -0.00511. The number of aliphatic hydroxyl groups is 1. The van der Waals surface area contributed by atoms with Gasteiger partial charge in [0, 0.05) is 0 Å². The minimum Gasteiger partial charge on any atom is -0.496 e. The van der Waals surface area contributed by atoms with Crippen LogP contribution in [0, 0.1) is 25.7 Å². The van der Waals surface area contributed by atoms with E-state index in [2.05, 4.69) is 40.7 Å². The highest BCUT2D eigenvalue weighted by atomic mass is 16.5. The quantitative estimate of drug-likeness (QED) is 0.824. The van der Waals surface area contributed by atoms with Gasteiger partial charge in [0.15, 0.2) is 0 Å². The summed E-state index contributed by atoms with van der Waals surface area (Å²) < 4.78 is 5.37. The van der Waals surface area contributed by atoms with Gasteiger partial charge >= 0.3 is 0 Å². The molecule has 0 spiro atoms. The molecule has 0 aromatic heterocycles. The molecule has 20 heavy (non-hydrogen) atoms. The van der Waals surface area contributed by atoms with Crippen molar-refractivity contribution in [1.29, 1.82) is 0 Å². The highest BCUT2D eigenvalue weighted by Gasteiger charge is 2.33. The van der Waals surface area contributed by atoms with Crippen LogP contribution in [0.3, 0.4) is 0 Å². The largest absolute Gasteiger partial charge is 0.496 e. The van der Waals surface area contributed by atoms with Crippen LogP contribution in [0.4, 0.5) is 0 Å². The Morgan fingerprint density at radius 3 is 1.90 bits per heavy atom. The van der Waals surface area contributed by atoms with Gasteiger partial charge in [-0.15, -0.1) is 0 Å². The standard InChI is InChI=1S/C18H30O2/c1-12(2)10-18(19,11-13(3)4)16-8-15(6)17(20-7)9-14(16)5/h8-9,12-13,19H,10-11H2,1-7H3. The van der Waals surface area contributed by atoms with Gasteiger partial charge < -0.3 is 9.84 Å². The van der Waals surface area contributed by atoms with Crippen molar-refractivity contribution in [3.63, 3.8) is 0 Å². The molecule has 1 N–H and O–H groups in total. The van der Waals surface area contributed by atoms with Crippen molar-refractivity contribution >= 4 is 0 Å². The van der Waals surface area contributed by atoms with Crippen LogP contribution >= 0.6 is 0 Å². The van der Waals surface area contributed by atoms with Crippen molar-refractivity contribution in [3.05, 3.63) is 28.8 Å². The van der Waals surface area contributed by atoms with Crippen molar-refractivity contribution in [2.24, 2.45) is 11.8 Å². The third kappa shape index (κ3) is 3.99. The van der Waals surface area contributed by atoms with Crippen LogP contribution in [0.2, 0.25) is 0 Å². The second-order valence-corrected chi connectivity index (χ2v) is 6.86. The van der Waals surface area contributed by atoms with Crippen molar-refractivity contribution < 1.29 is 9.84 Å². The zero-order chi connectivity index (χ0) is 15.5. The van der Waals surface area contributed by atoms with Crippen LogP contribution in [0.25, 0.3) is 0 Å². The molecule has 2 heteroatoms. The van der Waals surface area contributed by atoms with E-state index in [1.807, 2.05) is 13.0 Å². The topological polar surface area (TPSA) is 29.5 Å². The lowest BCUT2D eigenvalue weighted by Gasteiger charge is -2.34. The molecule has 0 bridgehead atoms. The second kappa shape index (κ2) is 6.62. The Morgan fingerprint density at radius 2 is 1.50 bits per heavy atom. The van der Waals surface area contributed by atoms with Crippen LogP contribution in [0.5, 0.6) is 5.75 Å². The molecular weight excluding hydrogens is 248 g/mol. The third-order valence-corrected chi connectivity index (χ3v) is 3.74. The average molecular weight is 278 g/mol. The fourth-order valence-electron chi connectivity index (χ4n) is 3.16. The van der Waals surface area contributed by atoms with Crippen molar-refractivity contribution in [2.45, 2.75) is 60.0 Å². The molecule has 2 nitrogen and oxygen atoms in total.